The molecule has 3 rings (SSSR count). The largest absolute Gasteiger partial charge is 0.493 e. The van der Waals surface area contributed by atoms with Crippen molar-refractivity contribution in [3.8, 4) is 11.5 Å². The number of amides is 2. The van der Waals surface area contributed by atoms with Crippen LogP contribution in [-0.2, 0) is 9.59 Å². The van der Waals surface area contributed by atoms with E-state index in [-0.39, 0.29) is 30.5 Å². The van der Waals surface area contributed by atoms with Crippen LogP contribution >= 0.6 is 0 Å². The predicted octanol–water partition coefficient (Wildman–Crippen LogP) is 3.14. The zero-order valence-corrected chi connectivity index (χ0v) is 15.4. The maximum absolute atomic E-state index is 13.9. The molecule has 1 atom stereocenters. The first-order valence-corrected chi connectivity index (χ1v) is 8.52. The number of ether oxygens (including phenoxy) is 2. The lowest BCUT2D eigenvalue weighted by Gasteiger charge is -2.18. The number of halogens is 1. The molecule has 0 radical (unpaired) electrons. The fourth-order valence-corrected chi connectivity index (χ4v) is 3.10. The summed E-state index contributed by atoms with van der Waals surface area (Å²) in [5, 5.41) is 2.59. The Morgan fingerprint density at radius 2 is 1.89 bits per heavy atom. The fourth-order valence-electron chi connectivity index (χ4n) is 3.10. The standard InChI is InChI=1S/C20H21FN2O4/c1-12-4-6-15(21)16(8-12)22-20(25)13-9-19(24)23(11-13)14-5-7-17(26-2)18(10-14)27-3/h4-8,10,13H,9,11H2,1-3H3,(H,22,25). The molecule has 2 aromatic rings. The number of nitrogens with one attached hydrogen (secondary N) is 1. The number of nitrogens with zero attached hydrogens (tertiary/aromatic N) is 1. The van der Waals surface area contributed by atoms with Gasteiger partial charge < -0.3 is 19.7 Å². The van der Waals surface area contributed by atoms with Crippen molar-refractivity contribution < 1.29 is 23.5 Å². The van der Waals surface area contributed by atoms with Crippen LogP contribution in [0.1, 0.15) is 12.0 Å². The molecule has 1 heterocycles. The van der Waals surface area contributed by atoms with Crippen LogP contribution in [0.4, 0.5) is 15.8 Å². The molecule has 0 bridgehead atoms. The monoisotopic (exact) mass is 372 g/mol. The molecule has 1 unspecified atom stereocenters. The first kappa shape index (κ1) is 18.7. The van der Waals surface area contributed by atoms with Crippen LogP contribution in [0.3, 0.4) is 0 Å². The van der Waals surface area contributed by atoms with Gasteiger partial charge in [0.25, 0.3) is 0 Å². The Labute approximate surface area is 156 Å². The van der Waals surface area contributed by atoms with Gasteiger partial charge in [-0.2, -0.15) is 0 Å². The highest BCUT2D eigenvalue weighted by Crippen LogP contribution is 2.34. The van der Waals surface area contributed by atoms with E-state index in [4.69, 9.17) is 9.47 Å². The van der Waals surface area contributed by atoms with Gasteiger partial charge in [-0.1, -0.05) is 6.07 Å². The molecule has 2 aromatic carbocycles. The second-order valence-corrected chi connectivity index (χ2v) is 6.42. The average molecular weight is 372 g/mol. The van der Waals surface area contributed by atoms with E-state index in [1.54, 1.807) is 30.3 Å². The number of hydrogen-bond donors (Lipinski definition) is 1. The van der Waals surface area contributed by atoms with Gasteiger partial charge in [0.15, 0.2) is 11.5 Å². The first-order valence-electron chi connectivity index (χ1n) is 8.52. The van der Waals surface area contributed by atoms with E-state index in [0.717, 1.165) is 5.56 Å². The summed E-state index contributed by atoms with van der Waals surface area (Å²) in [6, 6.07) is 9.63. The summed E-state index contributed by atoms with van der Waals surface area (Å²) >= 11 is 0. The molecule has 1 aliphatic rings. The molecule has 0 aromatic heterocycles. The summed E-state index contributed by atoms with van der Waals surface area (Å²) in [5.74, 6) is -0.571. The van der Waals surface area contributed by atoms with E-state index in [1.807, 2.05) is 6.92 Å². The SMILES string of the molecule is COc1ccc(N2CC(C(=O)Nc3cc(C)ccc3F)CC2=O)cc1OC. The first-order chi connectivity index (χ1) is 12.9. The third-order valence-electron chi connectivity index (χ3n) is 4.55. The average Bonchev–Trinajstić information content (AvgIpc) is 3.06. The van der Waals surface area contributed by atoms with Gasteiger partial charge >= 0.3 is 0 Å². The molecule has 1 N–H and O–H groups in total. The number of rotatable bonds is 5. The number of aryl methyl sites for hydroxylation is 1. The van der Waals surface area contributed by atoms with E-state index < -0.39 is 11.7 Å². The van der Waals surface area contributed by atoms with E-state index >= 15 is 0 Å². The highest BCUT2D eigenvalue weighted by atomic mass is 19.1. The van der Waals surface area contributed by atoms with E-state index in [1.165, 1.54) is 25.2 Å². The zero-order valence-electron chi connectivity index (χ0n) is 15.4. The Morgan fingerprint density at radius 1 is 1.15 bits per heavy atom. The molecule has 27 heavy (non-hydrogen) atoms. The van der Waals surface area contributed by atoms with Gasteiger partial charge in [-0.25, -0.2) is 4.39 Å². The van der Waals surface area contributed by atoms with Gasteiger partial charge in [0, 0.05) is 24.7 Å². The normalized spacial score (nSPS) is 16.4. The molecular weight excluding hydrogens is 351 g/mol. The molecule has 142 valence electrons. The minimum atomic E-state index is -0.564. The third kappa shape index (κ3) is 3.86. The lowest BCUT2D eigenvalue weighted by Crippen LogP contribution is -2.28. The highest BCUT2D eigenvalue weighted by molar-refractivity contribution is 6.03. The second-order valence-electron chi connectivity index (χ2n) is 6.42. The Morgan fingerprint density at radius 3 is 2.59 bits per heavy atom. The Hall–Kier alpha value is -3.09. The summed E-state index contributed by atoms with van der Waals surface area (Å²) in [7, 11) is 3.05. The molecule has 1 saturated heterocycles. The molecule has 1 aliphatic heterocycles. The Bertz CT molecular complexity index is 884. The number of hydrogen-bond acceptors (Lipinski definition) is 4. The van der Waals surface area contributed by atoms with Gasteiger partial charge in [-0.15, -0.1) is 0 Å². The maximum atomic E-state index is 13.9. The highest BCUT2D eigenvalue weighted by Gasteiger charge is 2.35. The summed E-state index contributed by atoms with van der Waals surface area (Å²) in [5.41, 5.74) is 1.58. The number of methoxy groups -OCH3 is 2. The van der Waals surface area contributed by atoms with Crippen LogP contribution in [0, 0.1) is 18.7 Å². The molecule has 1 fully saturated rings. The summed E-state index contributed by atoms with van der Waals surface area (Å²) in [6.07, 6.45) is 0.0631. The molecule has 0 saturated carbocycles. The van der Waals surface area contributed by atoms with Crippen molar-refractivity contribution in [1.29, 1.82) is 0 Å². The number of benzene rings is 2. The fraction of sp³-hybridized carbons (Fsp3) is 0.300. The predicted molar refractivity (Wildman–Crippen MR) is 99.8 cm³/mol. The molecule has 0 aliphatic carbocycles. The van der Waals surface area contributed by atoms with Gasteiger partial charge in [0.1, 0.15) is 5.82 Å². The summed E-state index contributed by atoms with van der Waals surface area (Å²) < 4.78 is 24.3. The van der Waals surface area contributed by atoms with Crippen molar-refractivity contribution >= 4 is 23.2 Å². The molecule has 7 heteroatoms. The van der Waals surface area contributed by atoms with Crippen LogP contribution < -0.4 is 19.7 Å². The lowest BCUT2D eigenvalue weighted by molar-refractivity contribution is -0.122. The van der Waals surface area contributed by atoms with Gasteiger partial charge in [0.2, 0.25) is 11.8 Å². The van der Waals surface area contributed by atoms with Crippen molar-refractivity contribution in [1.82, 2.24) is 0 Å². The van der Waals surface area contributed by atoms with Crippen LogP contribution in [0.5, 0.6) is 11.5 Å². The molecule has 6 nitrogen and oxygen atoms in total. The van der Waals surface area contributed by atoms with Crippen molar-refractivity contribution in [3.63, 3.8) is 0 Å². The van der Waals surface area contributed by atoms with Crippen LogP contribution in [-0.4, -0.2) is 32.6 Å². The lowest BCUT2D eigenvalue weighted by atomic mass is 10.1. The van der Waals surface area contributed by atoms with Gasteiger partial charge in [0.05, 0.1) is 25.8 Å². The van der Waals surface area contributed by atoms with Crippen molar-refractivity contribution in [3.05, 3.63) is 47.8 Å². The van der Waals surface area contributed by atoms with Crippen molar-refractivity contribution in [2.45, 2.75) is 13.3 Å². The van der Waals surface area contributed by atoms with Gasteiger partial charge in [-0.05, 0) is 36.8 Å². The number of carbonyl (C=O) groups excluding carboxylic acids is 2. The van der Waals surface area contributed by atoms with E-state index in [2.05, 4.69) is 5.32 Å². The van der Waals surface area contributed by atoms with E-state index in [0.29, 0.717) is 17.2 Å². The zero-order chi connectivity index (χ0) is 19.6. The van der Waals surface area contributed by atoms with Crippen molar-refractivity contribution in [2.75, 3.05) is 31.0 Å². The third-order valence-corrected chi connectivity index (χ3v) is 4.55. The van der Waals surface area contributed by atoms with Crippen molar-refractivity contribution in [2.24, 2.45) is 5.92 Å². The van der Waals surface area contributed by atoms with Gasteiger partial charge in [-0.3, -0.25) is 9.59 Å². The van der Waals surface area contributed by atoms with Crippen LogP contribution in [0.25, 0.3) is 0 Å². The maximum Gasteiger partial charge on any atom is 0.229 e. The minimum absolute atomic E-state index is 0.0631. The minimum Gasteiger partial charge on any atom is -0.493 e. The summed E-state index contributed by atoms with van der Waals surface area (Å²) in [4.78, 5) is 26.5. The number of carbonyl (C=O) groups is 2. The van der Waals surface area contributed by atoms with E-state index in [9.17, 15) is 14.0 Å². The summed E-state index contributed by atoms with van der Waals surface area (Å²) in [6.45, 7) is 2.03. The quantitative estimate of drug-likeness (QED) is 0.876. The molecule has 2 amide bonds. The topological polar surface area (TPSA) is 67.9 Å². The van der Waals surface area contributed by atoms with Crippen LogP contribution in [0.2, 0.25) is 0 Å². The smallest absolute Gasteiger partial charge is 0.229 e. The van der Waals surface area contributed by atoms with Crippen LogP contribution in [0.15, 0.2) is 36.4 Å². The molecular formula is C20H21FN2O4. The Kier molecular flexibility index (Phi) is 5.30. The number of anilines is 2. The second kappa shape index (κ2) is 7.65. The Balaban J connectivity index is 1.75. The molecule has 0 spiro atoms.